The number of aromatic nitrogens is 1. The van der Waals surface area contributed by atoms with Crippen LogP contribution in [0.4, 0.5) is 0 Å². The molecular weight excluding hydrogens is 190 g/mol. The lowest BCUT2D eigenvalue weighted by molar-refractivity contribution is 0.260. The van der Waals surface area contributed by atoms with Crippen LogP contribution in [0, 0.1) is 0 Å². The van der Waals surface area contributed by atoms with Gasteiger partial charge in [0.05, 0.1) is 0 Å². The summed E-state index contributed by atoms with van der Waals surface area (Å²) < 4.78 is 4.88. The quantitative estimate of drug-likeness (QED) is 0.426. The van der Waals surface area contributed by atoms with Crippen molar-refractivity contribution in [1.82, 2.24) is 4.98 Å². The number of methoxy groups -OCH3 is 1. The lowest BCUT2D eigenvalue weighted by Crippen LogP contribution is -1.78. The topological polar surface area (TPSA) is 22.1 Å². The van der Waals surface area contributed by atoms with Gasteiger partial charge in [0.15, 0.2) is 0 Å². The van der Waals surface area contributed by atoms with Crippen molar-refractivity contribution in [3.05, 3.63) is 24.4 Å². The highest BCUT2D eigenvalue weighted by atomic mass is 33.1. The summed E-state index contributed by atoms with van der Waals surface area (Å²) in [6.45, 7) is 0. The zero-order chi connectivity index (χ0) is 7.94. The van der Waals surface area contributed by atoms with Gasteiger partial charge in [-0.3, -0.25) is 0 Å². The summed E-state index contributed by atoms with van der Waals surface area (Å²) in [5.41, 5.74) is 0. The molecule has 0 unspecified atom stereocenters. The summed E-state index contributed by atoms with van der Waals surface area (Å²) in [4.78, 5) is 4.14. The van der Waals surface area contributed by atoms with Crippen LogP contribution in [-0.2, 0) is 4.74 Å². The molecule has 0 amide bonds. The maximum absolute atomic E-state index is 4.88. The van der Waals surface area contributed by atoms with E-state index in [4.69, 9.17) is 4.74 Å². The fourth-order valence-corrected chi connectivity index (χ4v) is 2.12. The Bertz CT molecular complexity index is 194. The molecule has 0 atom stereocenters. The first-order chi connectivity index (χ1) is 5.43. The fourth-order valence-electron chi connectivity index (χ4n) is 0.529. The molecule has 12 heavy (non-hydrogen) atoms. The molecule has 0 saturated heterocycles. The van der Waals surface area contributed by atoms with Crippen molar-refractivity contribution in [2.45, 2.75) is 12.5 Å². The molecule has 1 aromatic heterocycles. The molecule has 1 aromatic rings. The van der Waals surface area contributed by atoms with E-state index in [-0.39, 0.29) is 7.43 Å². The van der Waals surface area contributed by atoms with E-state index in [1.165, 1.54) is 0 Å². The van der Waals surface area contributed by atoms with E-state index in [9.17, 15) is 0 Å². The molecule has 0 bridgehead atoms. The second kappa shape index (κ2) is 7.46. The molecule has 0 spiro atoms. The van der Waals surface area contributed by atoms with E-state index in [1.807, 2.05) is 18.2 Å². The molecule has 1 heterocycles. The summed E-state index contributed by atoms with van der Waals surface area (Å²) in [5, 5.41) is 1.02. The molecule has 0 aliphatic carbocycles. The Morgan fingerprint density at radius 1 is 1.50 bits per heavy atom. The molecule has 0 aromatic carbocycles. The van der Waals surface area contributed by atoms with Gasteiger partial charge in [-0.1, -0.05) is 24.3 Å². The van der Waals surface area contributed by atoms with Gasteiger partial charge in [-0.25, -0.2) is 4.98 Å². The first-order valence-electron chi connectivity index (χ1n) is 3.13. The summed E-state index contributed by atoms with van der Waals surface area (Å²) in [7, 11) is 4.95. The third-order valence-electron chi connectivity index (χ3n) is 0.948. The summed E-state index contributed by atoms with van der Waals surface area (Å²) in [6.07, 6.45) is 1.79. The van der Waals surface area contributed by atoms with E-state index in [1.54, 1.807) is 34.9 Å². The van der Waals surface area contributed by atoms with Crippen molar-refractivity contribution in [2.75, 3.05) is 13.0 Å². The van der Waals surface area contributed by atoms with Crippen molar-refractivity contribution < 1.29 is 4.74 Å². The van der Waals surface area contributed by atoms with Gasteiger partial charge >= 0.3 is 0 Å². The van der Waals surface area contributed by atoms with Gasteiger partial charge in [-0.2, -0.15) is 0 Å². The van der Waals surface area contributed by atoms with Crippen LogP contribution in [0.3, 0.4) is 0 Å². The number of nitrogens with zero attached hydrogens (tertiary/aromatic N) is 1. The predicted octanol–water partition coefficient (Wildman–Crippen LogP) is 3.06. The van der Waals surface area contributed by atoms with Gasteiger partial charge in [-0.05, 0) is 22.9 Å². The lowest BCUT2D eigenvalue weighted by atomic mass is 10.5. The Morgan fingerprint density at radius 2 is 2.33 bits per heavy atom. The van der Waals surface area contributed by atoms with E-state index in [0.29, 0.717) is 5.94 Å². The van der Waals surface area contributed by atoms with Gasteiger partial charge in [0, 0.05) is 13.3 Å². The van der Waals surface area contributed by atoms with Crippen LogP contribution < -0.4 is 0 Å². The highest BCUT2D eigenvalue weighted by molar-refractivity contribution is 8.76. The first-order valence-corrected chi connectivity index (χ1v) is 5.45. The van der Waals surface area contributed by atoms with Gasteiger partial charge in [0.2, 0.25) is 0 Å². The van der Waals surface area contributed by atoms with Crippen molar-refractivity contribution in [3.8, 4) is 0 Å². The molecule has 0 saturated carbocycles. The molecule has 1 rings (SSSR count). The Morgan fingerprint density at radius 3 is 2.92 bits per heavy atom. The first kappa shape index (κ1) is 11.8. The number of ether oxygens (including phenoxy) is 1. The monoisotopic (exact) mass is 203 g/mol. The second-order valence-electron chi connectivity index (χ2n) is 1.78. The zero-order valence-electron chi connectivity index (χ0n) is 6.19. The minimum absolute atomic E-state index is 0. The van der Waals surface area contributed by atoms with E-state index < -0.39 is 0 Å². The molecule has 68 valence electrons. The maximum Gasteiger partial charge on any atom is 0.107 e. The van der Waals surface area contributed by atoms with Gasteiger partial charge < -0.3 is 4.74 Å². The Labute approximate surface area is 81.5 Å². The number of rotatable bonds is 4. The Balaban J connectivity index is 0.00000121. The average Bonchev–Trinajstić information content (AvgIpc) is 2.07. The largest absolute Gasteiger partial charge is 0.373 e. The molecular formula is C8H13NOS2. The maximum atomic E-state index is 4.88. The van der Waals surface area contributed by atoms with Crippen LogP contribution in [0.2, 0.25) is 0 Å². The molecule has 0 N–H and O–H groups in total. The normalized spacial score (nSPS) is 9.08. The average molecular weight is 203 g/mol. The minimum atomic E-state index is 0. The van der Waals surface area contributed by atoms with Crippen LogP contribution >= 0.6 is 21.6 Å². The predicted molar refractivity (Wildman–Crippen MR) is 56.3 cm³/mol. The van der Waals surface area contributed by atoms with E-state index in [0.717, 1.165) is 5.03 Å². The fraction of sp³-hybridized carbons (Fsp3) is 0.375. The van der Waals surface area contributed by atoms with E-state index in [2.05, 4.69) is 4.98 Å². The number of hydrogen-bond acceptors (Lipinski definition) is 4. The Kier molecular flexibility index (Phi) is 7.34. The summed E-state index contributed by atoms with van der Waals surface area (Å²) in [5.74, 6) is 0.696. The van der Waals surface area contributed by atoms with Gasteiger partial charge in [0.1, 0.15) is 11.0 Å². The highest BCUT2D eigenvalue weighted by Gasteiger charge is 1.92. The van der Waals surface area contributed by atoms with Gasteiger partial charge in [0.25, 0.3) is 0 Å². The molecule has 2 nitrogen and oxygen atoms in total. The standard InChI is InChI=1S/C7H9NOS2.CH4/c1-9-6-10-11-7-4-2-3-5-8-7;/h2-5H,6H2,1H3;1H4. The number of pyridine rings is 1. The lowest BCUT2D eigenvalue weighted by Gasteiger charge is -1.96. The third-order valence-corrected chi connectivity index (χ3v) is 2.96. The summed E-state index contributed by atoms with van der Waals surface area (Å²) >= 11 is 0. The smallest absolute Gasteiger partial charge is 0.107 e. The Hall–Kier alpha value is -0.190. The molecule has 0 radical (unpaired) electrons. The third kappa shape index (κ3) is 4.64. The summed E-state index contributed by atoms with van der Waals surface area (Å²) in [6, 6.07) is 5.86. The van der Waals surface area contributed by atoms with Crippen LogP contribution in [0.5, 0.6) is 0 Å². The molecule has 0 aliphatic heterocycles. The van der Waals surface area contributed by atoms with Gasteiger partial charge in [-0.15, -0.1) is 0 Å². The van der Waals surface area contributed by atoms with Crippen LogP contribution in [-0.4, -0.2) is 18.0 Å². The SMILES string of the molecule is C.COCSSc1ccccn1. The minimum Gasteiger partial charge on any atom is -0.373 e. The highest BCUT2D eigenvalue weighted by Crippen LogP contribution is 2.28. The van der Waals surface area contributed by atoms with E-state index >= 15 is 0 Å². The van der Waals surface area contributed by atoms with Crippen molar-refractivity contribution in [3.63, 3.8) is 0 Å². The second-order valence-corrected chi connectivity index (χ2v) is 4.04. The van der Waals surface area contributed by atoms with Crippen LogP contribution in [0.15, 0.2) is 29.4 Å². The van der Waals surface area contributed by atoms with Crippen LogP contribution in [0.25, 0.3) is 0 Å². The van der Waals surface area contributed by atoms with Crippen LogP contribution in [0.1, 0.15) is 7.43 Å². The molecule has 0 aliphatic rings. The number of hydrogen-bond donors (Lipinski definition) is 0. The van der Waals surface area contributed by atoms with Crippen molar-refractivity contribution >= 4 is 21.6 Å². The molecule has 4 heteroatoms. The van der Waals surface area contributed by atoms with Crippen molar-refractivity contribution in [2.24, 2.45) is 0 Å². The molecule has 0 fully saturated rings. The van der Waals surface area contributed by atoms with Crippen molar-refractivity contribution in [1.29, 1.82) is 0 Å². The zero-order valence-corrected chi connectivity index (χ0v) is 7.82.